The van der Waals surface area contributed by atoms with E-state index in [0.717, 1.165) is 14.9 Å². The zero-order valence-electron chi connectivity index (χ0n) is 11.8. The first-order valence-corrected chi connectivity index (χ1v) is 8.60. The predicted molar refractivity (Wildman–Crippen MR) is 94.9 cm³/mol. The number of nitrogens with zero attached hydrogens (tertiary/aromatic N) is 1. The Morgan fingerprint density at radius 1 is 1.45 bits per heavy atom. The number of aromatic nitrogens is 1. The molecule has 116 valence electrons. The summed E-state index contributed by atoms with van der Waals surface area (Å²) in [6, 6.07) is 4.98. The Bertz CT molecular complexity index is 733. The molecule has 0 unspecified atom stereocenters. The van der Waals surface area contributed by atoms with Gasteiger partial charge in [-0.2, -0.15) is 0 Å². The molecular formula is C14H12ClIN2O3S. The van der Waals surface area contributed by atoms with Crippen molar-refractivity contribution in [3.05, 3.63) is 42.9 Å². The normalized spacial score (nSPS) is 10.4. The summed E-state index contributed by atoms with van der Waals surface area (Å²) in [4.78, 5) is 28.5. The zero-order chi connectivity index (χ0) is 16.3. The van der Waals surface area contributed by atoms with Crippen LogP contribution in [0.3, 0.4) is 0 Å². The fourth-order valence-corrected chi connectivity index (χ4v) is 3.13. The van der Waals surface area contributed by atoms with Gasteiger partial charge in [-0.1, -0.05) is 22.9 Å². The monoisotopic (exact) mass is 450 g/mol. The van der Waals surface area contributed by atoms with Crippen LogP contribution in [-0.2, 0) is 4.74 Å². The van der Waals surface area contributed by atoms with Gasteiger partial charge >= 0.3 is 5.97 Å². The second-order valence-electron chi connectivity index (χ2n) is 4.24. The number of thiazole rings is 1. The first kappa shape index (κ1) is 17.2. The fraction of sp³-hybridized carbons (Fsp3) is 0.214. The lowest BCUT2D eigenvalue weighted by atomic mass is 10.2. The van der Waals surface area contributed by atoms with E-state index in [1.54, 1.807) is 32.0 Å². The largest absolute Gasteiger partial charge is 0.462 e. The summed E-state index contributed by atoms with van der Waals surface area (Å²) in [5, 5.41) is 3.62. The van der Waals surface area contributed by atoms with Crippen molar-refractivity contribution < 1.29 is 14.3 Å². The number of halogens is 2. The average Bonchev–Trinajstić information content (AvgIpc) is 2.82. The van der Waals surface area contributed by atoms with Gasteiger partial charge in [0.05, 0.1) is 17.3 Å². The molecule has 5 nitrogen and oxygen atoms in total. The van der Waals surface area contributed by atoms with Gasteiger partial charge in [0.15, 0.2) is 5.13 Å². The molecule has 1 amide bonds. The molecule has 2 aromatic rings. The number of rotatable bonds is 4. The minimum absolute atomic E-state index is 0.293. The maximum absolute atomic E-state index is 12.2. The number of amides is 1. The molecule has 2 rings (SSSR count). The molecule has 0 spiro atoms. The second-order valence-corrected chi connectivity index (χ2v) is 6.81. The summed E-state index contributed by atoms with van der Waals surface area (Å²) in [7, 11) is 0. The molecule has 0 bridgehead atoms. The van der Waals surface area contributed by atoms with Crippen LogP contribution in [0.25, 0.3) is 0 Å². The van der Waals surface area contributed by atoms with Crippen LogP contribution in [0.2, 0.25) is 5.02 Å². The second kappa shape index (κ2) is 7.38. The first-order chi connectivity index (χ1) is 10.4. The predicted octanol–water partition coefficient (Wildman–Crippen LogP) is 4.14. The molecule has 1 aromatic carbocycles. The van der Waals surface area contributed by atoms with Crippen molar-refractivity contribution in [1.82, 2.24) is 4.98 Å². The van der Waals surface area contributed by atoms with Crippen molar-refractivity contribution in [1.29, 1.82) is 0 Å². The number of carbonyl (C=O) groups excluding carboxylic acids is 2. The SMILES string of the molecule is CCOC(=O)c1sc(NC(=O)c2ccc(Cl)c(I)c2)nc1C. The molecule has 1 N–H and O–H groups in total. The van der Waals surface area contributed by atoms with Crippen molar-refractivity contribution in [2.75, 3.05) is 11.9 Å². The van der Waals surface area contributed by atoms with Crippen LogP contribution in [0, 0.1) is 10.5 Å². The van der Waals surface area contributed by atoms with E-state index in [1.807, 2.05) is 0 Å². The Balaban J connectivity index is 2.16. The maximum Gasteiger partial charge on any atom is 0.350 e. The third kappa shape index (κ3) is 3.96. The highest BCUT2D eigenvalue weighted by Gasteiger charge is 2.18. The smallest absolute Gasteiger partial charge is 0.350 e. The number of nitrogens with one attached hydrogen (secondary N) is 1. The Kier molecular flexibility index (Phi) is 5.76. The Hall–Kier alpha value is -1.19. The van der Waals surface area contributed by atoms with E-state index >= 15 is 0 Å². The quantitative estimate of drug-likeness (QED) is 0.561. The summed E-state index contributed by atoms with van der Waals surface area (Å²) < 4.78 is 5.73. The fourth-order valence-electron chi connectivity index (χ4n) is 1.64. The number of benzene rings is 1. The number of hydrogen-bond donors (Lipinski definition) is 1. The molecule has 0 radical (unpaired) electrons. The van der Waals surface area contributed by atoms with Crippen molar-refractivity contribution in [3.8, 4) is 0 Å². The number of hydrogen-bond acceptors (Lipinski definition) is 5. The van der Waals surface area contributed by atoms with Gasteiger partial charge in [0.1, 0.15) is 4.88 Å². The Morgan fingerprint density at radius 3 is 2.82 bits per heavy atom. The number of aryl methyl sites for hydroxylation is 1. The molecule has 0 atom stereocenters. The molecule has 0 saturated carbocycles. The number of carbonyl (C=O) groups is 2. The molecule has 0 aliphatic carbocycles. The Morgan fingerprint density at radius 2 is 2.18 bits per heavy atom. The minimum atomic E-state index is -0.431. The standard InChI is InChI=1S/C14H12ClIN2O3S/c1-3-21-13(20)11-7(2)17-14(22-11)18-12(19)8-4-5-9(15)10(16)6-8/h4-6H,3H2,1-2H3,(H,17,18,19). The number of ether oxygens (including phenoxy) is 1. The van der Waals surface area contributed by atoms with Crippen LogP contribution in [-0.4, -0.2) is 23.5 Å². The molecule has 1 aromatic heterocycles. The molecule has 0 aliphatic rings. The van der Waals surface area contributed by atoms with E-state index in [4.69, 9.17) is 16.3 Å². The van der Waals surface area contributed by atoms with E-state index in [0.29, 0.717) is 32.9 Å². The van der Waals surface area contributed by atoms with Crippen LogP contribution in [0.4, 0.5) is 5.13 Å². The lowest BCUT2D eigenvalue weighted by Crippen LogP contribution is -2.11. The highest BCUT2D eigenvalue weighted by Crippen LogP contribution is 2.25. The van der Waals surface area contributed by atoms with Gasteiger partial charge in [-0.3, -0.25) is 10.1 Å². The highest BCUT2D eigenvalue weighted by molar-refractivity contribution is 14.1. The first-order valence-electron chi connectivity index (χ1n) is 6.33. The summed E-state index contributed by atoms with van der Waals surface area (Å²) in [6.07, 6.45) is 0. The summed E-state index contributed by atoms with van der Waals surface area (Å²) in [6.45, 7) is 3.73. The van der Waals surface area contributed by atoms with Crippen LogP contribution in [0.1, 0.15) is 32.6 Å². The summed E-state index contributed by atoms with van der Waals surface area (Å²) >= 11 is 9.08. The van der Waals surface area contributed by atoms with Crippen molar-refractivity contribution >= 4 is 62.5 Å². The van der Waals surface area contributed by atoms with Gasteiger partial charge in [-0.05, 0) is 54.6 Å². The van der Waals surface area contributed by atoms with E-state index in [1.165, 1.54) is 0 Å². The van der Waals surface area contributed by atoms with Crippen LogP contribution < -0.4 is 5.32 Å². The highest BCUT2D eigenvalue weighted by atomic mass is 127. The lowest BCUT2D eigenvalue weighted by molar-refractivity contribution is 0.0531. The average molecular weight is 451 g/mol. The molecule has 8 heteroatoms. The Labute approximate surface area is 150 Å². The van der Waals surface area contributed by atoms with Gasteiger partial charge < -0.3 is 4.74 Å². The third-order valence-electron chi connectivity index (χ3n) is 2.66. The van der Waals surface area contributed by atoms with Gasteiger partial charge in [0.2, 0.25) is 0 Å². The van der Waals surface area contributed by atoms with Crippen LogP contribution in [0.15, 0.2) is 18.2 Å². The van der Waals surface area contributed by atoms with Crippen LogP contribution in [0.5, 0.6) is 0 Å². The molecular weight excluding hydrogens is 439 g/mol. The van der Waals surface area contributed by atoms with Crippen molar-refractivity contribution in [2.24, 2.45) is 0 Å². The number of esters is 1. The van der Waals surface area contributed by atoms with E-state index in [2.05, 4.69) is 32.9 Å². The molecule has 1 heterocycles. The van der Waals surface area contributed by atoms with Crippen molar-refractivity contribution in [2.45, 2.75) is 13.8 Å². The van der Waals surface area contributed by atoms with Gasteiger partial charge in [-0.15, -0.1) is 0 Å². The lowest BCUT2D eigenvalue weighted by Gasteiger charge is -2.03. The third-order valence-corrected chi connectivity index (χ3v) is 5.25. The van der Waals surface area contributed by atoms with E-state index in [-0.39, 0.29) is 5.91 Å². The van der Waals surface area contributed by atoms with Gasteiger partial charge in [-0.25, -0.2) is 9.78 Å². The van der Waals surface area contributed by atoms with Gasteiger partial charge in [0.25, 0.3) is 5.91 Å². The van der Waals surface area contributed by atoms with E-state index in [9.17, 15) is 9.59 Å². The van der Waals surface area contributed by atoms with Gasteiger partial charge in [0, 0.05) is 9.13 Å². The van der Waals surface area contributed by atoms with Crippen LogP contribution >= 0.6 is 45.5 Å². The zero-order valence-corrected chi connectivity index (χ0v) is 15.5. The molecule has 22 heavy (non-hydrogen) atoms. The summed E-state index contributed by atoms with van der Waals surface area (Å²) in [5.74, 6) is -0.738. The summed E-state index contributed by atoms with van der Waals surface area (Å²) in [5.41, 5.74) is 1.00. The maximum atomic E-state index is 12.2. The van der Waals surface area contributed by atoms with Crippen molar-refractivity contribution in [3.63, 3.8) is 0 Å². The number of anilines is 1. The minimum Gasteiger partial charge on any atom is -0.462 e. The van der Waals surface area contributed by atoms with E-state index < -0.39 is 5.97 Å². The molecule has 0 saturated heterocycles. The molecule has 0 aliphatic heterocycles. The topological polar surface area (TPSA) is 68.3 Å². The molecule has 0 fully saturated rings.